The minimum atomic E-state index is 0. The Labute approximate surface area is 170 Å². The first-order chi connectivity index (χ1) is 13.4. The Hall–Kier alpha value is -2.92. The number of H-pyrrole nitrogens is 1. The second-order valence-corrected chi connectivity index (χ2v) is 7.04. The molecule has 1 N–H and O–H groups in total. The molecule has 28 heavy (non-hydrogen) atoms. The highest BCUT2D eigenvalue weighted by atomic mass is 35.5. The molecule has 0 unspecified atom stereocenters. The van der Waals surface area contributed by atoms with Gasteiger partial charge in [-0.3, -0.25) is 5.10 Å². The molecule has 1 saturated heterocycles. The van der Waals surface area contributed by atoms with Gasteiger partial charge in [0, 0.05) is 35.6 Å². The molecule has 0 bridgehead atoms. The van der Waals surface area contributed by atoms with Crippen LogP contribution >= 0.6 is 12.4 Å². The van der Waals surface area contributed by atoms with E-state index in [4.69, 9.17) is 4.98 Å². The van der Waals surface area contributed by atoms with Crippen molar-refractivity contribution in [2.75, 3.05) is 18.0 Å². The van der Waals surface area contributed by atoms with Crippen LogP contribution in [0.15, 0.2) is 67.0 Å². The van der Waals surface area contributed by atoms with Crippen LogP contribution in [0.4, 0.5) is 5.69 Å². The lowest BCUT2D eigenvalue weighted by Crippen LogP contribution is -2.33. The summed E-state index contributed by atoms with van der Waals surface area (Å²) < 4.78 is 0. The molecule has 2 aromatic carbocycles. The van der Waals surface area contributed by atoms with Crippen LogP contribution in [-0.4, -0.2) is 33.3 Å². The zero-order chi connectivity index (χ0) is 18.1. The SMILES string of the molecule is Cl.c1ccc(-c2cc(N3CCC(c4ncn[nH]4)CC3)c3ccccc3n2)cc1. The summed E-state index contributed by atoms with van der Waals surface area (Å²) in [5, 5.41) is 8.25. The molecule has 0 amide bonds. The van der Waals surface area contributed by atoms with E-state index >= 15 is 0 Å². The number of anilines is 1. The molecule has 5 rings (SSSR count). The summed E-state index contributed by atoms with van der Waals surface area (Å²) in [5.41, 5.74) is 4.50. The molecule has 1 fully saturated rings. The summed E-state index contributed by atoms with van der Waals surface area (Å²) in [6, 6.07) is 21.1. The van der Waals surface area contributed by atoms with E-state index in [1.807, 2.05) is 6.07 Å². The third-order valence-corrected chi connectivity index (χ3v) is 5.42. The lowest BCUT2D eigenvalue weighted by atomic mass is 9.95. The molecule has 1 aliphatic rings. The molecule has 0 radical (unpaired) electrons. The summed E-state index contributed by atoms with van der Waals surface area (Å²) in [5.74, 6) is 1.48. The quantitative estimate of drug-likeness (QED) is 0.543. The van der Waals surface area contributed by atoms with Gasteiger partial charge in [0.25, 0.3) is 0 Å². The highest BCUT2D eigenvalue weighted by Gasteiger charge is 2.24. The predicted octanol–water partition coefficient (Wildman–Crippen LogP) is 4.83. The maximum absolute atomic E-state index is 4.91. The number of nitrogens with one attached hydrogen (secondary N) is 1. The Morgan fingerprint density at radius 1 is 0.929 bits per heavy atom. The van der Waals surface area contributed by atoms with Gasteiger partial charge in [0.1, 0.15) is 12.2 Å². The van der Waals surface area contributed by atoms with Crippen molar-refractivity contribution in [2.24, 2.45) is 0 Å². The van der Waals surface area contributed by atoms with Gasteiger partial charge in [0.2, 0.25) is 0 Å². The van der Waals surface area contributed by atoms with Crippen molar-refractivity contribution in [2.45, 2.75) is 18.8 Å². The molecule has 0 spiro atoms. The number of pyridine rings is 1. The zero-order valence-corrected chi connectivity index (χ0v) is 16.3. The lowest BCUT2D eigenvalue weighted by Gasteiger charge is -2.33. The summed E-state index contributed by atoms with van der Waals surface area (Å²) in [4.78, 5) is 11.7. The summed E-state index contributed by atoms with van der Waals surface area (Å²) in [7, 11) is 0. The number of aromatic amines is 1. The van der Waals surface area contributed by atoms with Crippen molar-refractivity contribution in [3.8, 4) is 11.3 Å². The Balaban J connectivity index is 0.00000192. The minimum absolute atomic E-state index is 0. The highest BCUT2D eigenvalue weighted by molar-refractivity contribution is 5.94. The number of fused-ring (bicyclic) bond motifs is 1. The number of aromatic nitrogens is 4. The average molecular weight is 392 g/mol. The van der Waals surface area contributed by atoms with Gasteiger partial charge < -0.3 is 4.90 Å². The number of para-hydroxylation sites is 1. The summed E-state index contributed by atoms with van der Waals surface area (Å²) in [6.07, 6.45) is 3.75. The standard InChI is InChI=1S/C22H21N5.ClH/c1-2-6-16(7-3-1)20-14-21(18-8-4-5-9-19(18)25-20)27-12-10-17(11-13-27)22-23-15-24-26-22;/h1-9,14-15,17H,10-13H2,(H,23,24,26);1H. The number of piperidine rings is 1. The van der Waals surface area contributed by atoms with E-state index in [1.165, 1.54) is 11.1 Å². The smallest absolute Gasteiger partial charge is 0.137 e. The van der Waals surface area contributed by atoms with Gasteiger partial charge in [-0.25, -0.2) is 9.97 Å². The average Bonchev–Trinajstić information content (AvgIpc) is 3.29. The molecule has 6 heteroatoms. The fourth-order valence-electron chi connectivity index (χ4n) is 3.98. The topological polar surface area (TPSA) is 57.7 Å². The van der Waals surface area contributed by atoms with E-state index in [1.54, 1.807) is 6.33 Å². The fraction of sp³-hybridized carbons (Fsp3) is 0.227. The molecule has 0 atom stereocenters. The molecule has 0 saturated carbocycles. The van der Waals surface area contributed by atoms with Crippen LogP contribution in [0.25, 0.3) is 22.2 Å². The van der Waals surface area contributed by atoms with Crippen LogP contribution in [0.3, 0.4) is 0 Å². The van der Waals surface area contributed by atoms with Crippen LogP contribution in [0.5, 0.6) is 0 Å². The van der Waals surface area contributed by atoms with Crippen molar-refractivity contribution >= 4 is 29.0 Å². The lowest BCUT2D eigenvalue weighted by molar-refractivity contribution is 0.487. The highest BCUT2D eigenvalue weighted by Crippen LogP contribution is 2.34. The molecule has 142 valence electrons. The van der Waals surface area contributed by atoms with E-state index < -0.39 is 0 Å². The van der Waals surface area contributed by atoms with Gasteiger partial charge in [-0.1, -0.05) is 48.5 Å². The van der Waals surface area contributed by atoms with Crippen LogP contribution < -0.4 is 4.90 Å². The normalized spacial score (nSPS) is 14.8. The Bertz CT molecular complexity index is 1040. The number of nitrogens with zero attached hydrogens (tertiary/aromatic N) is 4. The largest absolute Gasteiger partial charge is 0.371 e. The minimum Gasteiger partial charge on any atom is -0.371 e. The first-order valence-corrected chi connectivity index (χ1v) is 9.44. The van der Waals surface area contributed by atoms with Crippen LogP contribution in [-0.2, 0) is 0 Å². The second kappa shape index (κ2) is 7.98. The van der Waals surface area contributed by atoms with Crippen molar-refractivity contribution in [3.63, 3.8) is 0 Å². The molecular formula is C22H22ClN5. The fourth-order valence-corrected chi connectivity index (χ4v) is 3.98. The Morgan fingerprint density at radius 2 is 1.68 bits per heavy atom. The first kappa shape index (κ1) is 18.4. The summed E-state index contributed by atoms with van der Waals surface area (Å²) >= 11 is 0. The van der Waals surface area contributed by atoms with Crippen molar-refractivity contribution in [1.29, 1.82) is 0 Å². The van der Waals surface area contributed by atoms with E-state index in [0.29, 0.717) is 5.92 Å². The van der Waals surface area contributed by atoms with Crippen molar-refractivity contribution in [3.05, 3.63) is 72.8 Å². The molecule has 5 nitrogen and oxygen atoms in total. The van der Waals surface area contributed by atoms with E-state index in [2.05, 4.69) is 74.7 Å². The number of rotatable bonds is 3. The van der Waals surface area contributed by atoms with Gasteiger partial charge in [0.05, 0.1) is 11.2 Å². The molecule has 3 heterocycles. The zero-order valence-electron chi connectivity index (χ0n) is 15.5. The van der Waals surface area contributed by atoms with Gasteiger partial charge >= 0.3 is 0 Å². The van der Waals surface area contributed by atoms with Gasteiger partial charge in [-0.15, -0.1) is 12.4 Å². The Morgan fingerprint density at radius 3 is 2.43 bits per heavy atom. The molecule has 4 aromatic rings. The van der Waals surface area contributed by atoms with Gasteiger partial charge in [-0.2, -0.15) is 5.10 Å². The third-order valence-electron chi connectivity index (χ3n) is 5.42. The second-order valence-electron chi connectivity index (χ2n) is 7.04. The number of hydrogen-bond acceptors (Lipinski definition) is 4. The van der Waals surface area contributed by atoms with Gasteiger partial charge in [0.15, 0.2) is 0 Å². The number of halogens is 1. The van der Waals surface area contributed by atoms with Crippen LogP contribution in [0.2, 0.25) is 0 Å². The van der Waals surface area contributed by atoms with E-state index in [9.17, 15) is 0 Å². The van der Waals surface area contributed by atoms with Gasteiger partial charge in [-0.05, 0) is 25.0 Å². The van der Waals surface area contributed by atoms with E-state index in [0.717, 1.165) is 48.5 Å². The van der Waals surface area contributed by atoms with Crippen LogP contribution in [0.1, 0.15) is 24.6 Å². The Kier molecular flexibility index (Phi) is 5.26. The third kappa shape index (κ3) is 3.45. The maximum atomic E-state index is 4.91. The van der Waals surface area contributed by atoms with Crippen molar-refractivity contribution in [1.82, 2.24) is 20.2 Å². The molecule has 1 aliphatic heterocycles. The summed E-state index contributed by atoms with van der Waals surface area (Å²) in [6.45, 7) is 2.02. The molecule has 0 aliphatic carbocycles. The monoisotopic (exact) mass is 391 g/mol. The number of hydrogen-bond donors (Lipinski definition) is 1. The number of benzene rings is 2. The predicted molar refractivity (Wildman–Crippen MR) is 115 cm³/mol. The van der Waals surface area contributed by atoms with Crippen molar-refractivity contribution < 1.29 is 0 Å². The maximum Gasteiger partial charge on any atom is 0.137 e. The molecule has 2 aromatic heterocycles. The molecular weight excluding hydrogens is 370 g/mol. The van der Waals surface area contributed by atoms with E-state index in [-0.39, 0.29) is 12.4 Å². The van der Waals surface area contributed by atoms with Crippen LogP contribution in [0, 0.1) is 0 Å². The first-order valence-electron chi connectivity index (χ1n) is 9.44.